The molecule has 0 spiro atoms. The molecule has 1 N–H and O–H groups in total. The summed E-state index contributed by atoms with van der Waals surface area (Å²) in [5.41, 5.74) is 0. The third-order valence-corrected chi connectivity index (χ3v) is 2.98. The molecule has 1 aromatic heterocycles. The van der Waals surface area contributed by atoms with E-state index in [0.717, 1.165) is 19.0 Å². The molecule has 15 heavy (non-hydrogen) atoms. The summed E-state index contributed by atoms with van der Waals surface area (Å²) in [5, 5.41) is 3.54. The lowest BCUT2D eigenvalue weighted by Crippen LogP contribution is -2.17. The first-order valence-corrected chi connectivity index (χ1v) is 6.13. The van der Waals surface area contributed by atoms with E-state index < -0.39 is 0 Å². The average Bonchev–Trinajstić information content (AvgIpc) is 2.96. The van der Waals surface area contributed by atoms with E-state index in [0.29, 0.717) is 0 Å². The third-order valence-electron chi connectivity index (χ3n) is 2.98. The van der Waals surface area contributed by atoms with Crippen LogP contribution in [0.5, 0.6) is 0 Å². The molecule has 0 bridgehead atoms. The van der Waals surface area contributed by atoms with E-state index in [4.69, 9.17) is 0 Å². The van der Waals surface area contributed by atoms with Crippen molar-refractivity contribution in [1.82, 2.24) is 14.9 Å². The Hall–Kier alpha value is -0.830. The van der Waals surface area contributed by atoms with E-state index in [2.05, 4.69) is 28.0 Å². The Morgan fingerprint density at radius 3 is 3.07 bits per heavy atom. The molecule has 84 valence electrons. The maximum atomic E-state index is 4.37. The van der Waals surface area contributed by atoms with E-state index in [1.807, 2.05) is 6.20 Å². The van der Waals surface area contributed by atoms with Crippen molar-refractivity contribution in [3.8, 4) is 0 Å². The fourth-order valence-corrected chi connectivity index (χ4v) is 1.86. The van der Waals surface area contributed by atoms with Gasteiger partial charge in [-0.05, 0) is 39.2 Å². The minimum Gasteiger partial charge on any atom is -0.335 e. The fraction of sp³-hybridized carbons (Fsp3) is 0.750. The van der Waals surface area contributed by atoms with Crippen molar-refractivity contribution in [1.29, 1.82) is 0 Å². The molecule has 0 aliphatic heterocycles. The van der Waals surface area contributed by atoms with Crippen LogP contribution in [0, 0.1) is 0 Å². The van der Waals surface area contributed by atoms with Gasteiger partial charge < -0.3 is 9.88 Å². The fourth-order valence-electron chi connectivity index (χ4n) is 1.86. The second kappa shape index (κ2) is 5.31. The van der Waals surface area contributed by atoms with Crippen LogP contribution in [0.25, 0.3) is 0 Å². The summed E-state index contributed by atoms with van der Waals surface area (Å²) >= 11 is 0. The number of unbranched alkanes of at least 4 members (excludes halogenated alkanes) is 1. The highest BCUT2D eigenvalue weighted by atomic mass is 15.0. The number of aryl methyl sites for hydroxylation is 2. The molecule has 0 unspecified atom stereocenters. The molecule has 2 rings (SSSR count). The molecule has 1 fully saturated rings. The molecule has 1 aromatic rings. The van der Waals surface area contributed by atoms with Gasteiger partial charge in [0, 0.05) is 31.4 Å². The van der Waals surface area contributed by atoms with Crippen LogP contribution in [0.4, 0.5) is 0 Å². The summed E-state index contributed by atoms with van der Waals surface area (Å²) in [5.74, 6) is 1.24. The van der Waals surface area contributed by atoms with Crippen LogP contribution in [0.1, 0.15) is 38.4 Å². The van der Waals surface area contributed by atoms with Crippen LogP contribution in [0.15, 0.2) is 12.4 Å². The Labute approximate surface area is 91.9 Å². The average molecular weight is 207 g/mol. The Bertz CT molecular complexity index is 289. The highest BCUT2D eigenvalue weighted by molar-refractivity contribution is 4.92. The summed E-state index contributed by atoms with van der Waals surface area (Å²) in [6.07, 6.45) is 10.4. The van der Waals surface area contributed by atoms with Crippen LogP contribution >= 0.6 is 0 Å². The SMILES string of the molecule is CCn1ccnc1CCCCNC1CC1. The number of imidazole rings is 1. The van der Waals surface area contributed by atoms with Crippen molar-refractivity contribution in [2.45, 2.75) is 51.6 Å². The molecule has 0 radical (unpaired) electrons. The van der Waals surface area contributed by atoms with Gasteiger partial charge in [-0.25, -0.2) is 4.98 Å². The van der Waals surface area contributed by atoms with Gasteiger partial charge in [-0.3, -0.25) is 0 Å². The molecule has 1 heterocycles. The second-order valence-electron chi connectivity index (χ2n) is 4.31. The highest BCUT2D eigenvalue weighted by Gasteiger charge is 2.19. The van der Waals surface area contributed by atoms with Crippen LogP contribution in [0.2, 0.25) is 0 Å². The molecule has 1 saturated carbocycles. The minimum atomic E-state index is 0.850. The van der Waals surface area contributed by atoms with Gasteiger partial charge in [-0.2, -0.15) is 0 Å². The van der Waals surface area contributed by atoms with Gasteiger partial charge >= 0.3 is 0 Å². The van der Waals surface area contributed by atoms with Gasteiger partial charge in [0.15, 0.2) is 0 Å². The monoisotopic (exact) mass is 207 g/mol. The van der Waals surface area contributed by atoms with Gasteiger partial charge in [-0.1, -0.05) is 0 Å². The largest absolute Gasteiger partial charge is 0.335 e. The lowest BCUT2D eigenvalue weighted by atomic mass is 10.2. The molecular weight excluding hydrogens is 186 g/mol. The van der Waals surface area contributed by atoms with Crippen molar-refractivity contribution < 1.29 is 0 Å². The van der Waals surface area contributed by atoms with Gasteiger partial charge in [0.25, 0.3) is 0 Å². The first-order chi connectivity index (χ1) is 7.40. The van der Waals surface area contributed by atoms with E-state index in [-0.39, 0.29) is 0 Å². The Kier molecular flexibility index (Phi) is 3.78. The topological polar surface area (TPSA) is 29.9 Å². The molecule has 1 aliphatic rings. The zero-order valence-corrected chi connectivity index (χ0v) is 9.58. The van der Waals surface area contributed by atoms with Gasteiger partial charge in [0.2, 0.25) is 0 Å². The number of aromatic nitrogens is 2. The molecule has 1 aliphatic carbocycles. The second-order valence-corrected chi connectivity index (χ2v) is 4.31. The van der Waals surface area contributed by atoms with Crippen LogP contribution in [-0.4, -0.2) is 22.1 Å². The van der Waals surface area contributed by atoms with Crippen molar-refractivity contribution >= 4 is 0 Å². The number of hydrogen-bond donors (Lipinski definition) is 1. The molecule has 0 saturated heterocycles. The lowest BCUT2D eigenvalue weighted by Gasteiger charge is -2.05. The number of hydrogen-bond acceptors (Lipinski definition) is 2. The molecule has 3 nitrogen and oxygen atoms in total. The molecule has 0 atom stereocenters. The molecule has 0 amide bonds. The predicted octanol–water partition coefficient (Wildman–Crippen LogP) is 1.98. The van der Waals surface area contributed by atoms with Crippen LogP contribution in [0.3, 0.4) is 0 Å². The third kappa shape index (κ3) is 3.34. The number of rotatable bonds is 7. The minimum absolute atomic E-state index is 0.850. The molecular formula is C12H21N3. The Morgan fingerprint density at radius 2 is 2.33 bits per heavy atom. The standard InChI is InChI=1S/C12H21N3/c1-2-15-10-9-14-12(15)5-3-4-8-13-11-6-7-11/h9-11,13H,2-8H2,1H3. The highest BCUT2D eigenvalue weighted by Crippen LogP contribution is 2.18. The van der Waals surface area contributed by atoms with Gasteiger partial charge in [0.1, 0.15) is 5.82 Å². The zero-order chi connectivity index (χ0) is 10.5. The predicted molar refractivity (Wildman–Crippen MR) is 61.9 cm³/mol. The van der Waals surface area contributed by atoms with Crippen molar-refractivity contribution in [3.05, 3.63) is 18.2 Å². The van der Waals surface area contributed by atoms with Crippen molar-refractivity contribution in [3.63, 3.8) is 0 Å². The van der Waals surface area contributed by atoms with Gasteiger partial charge in [0.05, 0.1) is 0 Å². The summed E-state index contributed by atoms with van der Waals surface area (Å²) in [4.78, 5) is 4.37. The van der Waals surface area contributed by atoms with Crippen molar-refractivity contribution in [2.75, 3.05) is 6.54 Å². The molecule has 0 aromatic carbocycles. The molecule has 3 heteroatoms. The summed E-state index contributed by atoms with van der Waals surface area (Å²) in [7, 11) is 0. The summed E-state index contributed by atoms with van der Waals surface area (Å²) < 4.78 is 2.23. The van der Waals surface area contributed by atoms with Crippen LogP contribution < -0.4 is 5.32 Å². The van der Waals surface area contributed by atoms with Crippen molar-refractivity contribution in [2.24, 2.45) is 0 Å². The van der Waals surface area contributed by atoms with E-state index in [1.54, 1.807) is 0 Å². The van der Waals surface area contributed by atoms with Crippen LogP contribution in [-0.2, 0) is 13.0 Å². The smallest absolute Gasteiger partial charge is 0.108 e. The quantitative estimate of drug-likeness (QED) is 0.693. The normalized spacial score (nSPS) is 15.8. The Morgan fingerprint density at radius 1 is 1.47 bits per heavy atom. The van der Waals surface area contributed by atoms with E-state index in [1.165, 1.54) is 38.1 Å². The number of nitrogens with zero attached hydrogens (tertiary/aromatic N) is 2. The maximum absolute atomic E-state index is 4.37. The summed E-state index contributed by atoms with van der Waals surface area (Å²) in [6.45, 7) is 4.38. The lowest BCUT2D eigenvalue weighted by molar-refractivity contribution is 0.597. The van der Waals surface area contributed by atoms with Gasteiger partial charge in [-0.15, -0.1) is 0 Å². The first-order valence-electron chi connectivity index (χ1n) is 6.13. The van der Waals surface area contributed by atoms with E-state index >= 15 is 0 Å². The summed E-state index contributed by atoms with van der Waals surface area (Å²) in [6, 6.07) is 0.850. The Balaban J connectivity index is 1.59. The van der Waals surface area contributed by atoms with E-state index in [9.17, 15) is 0 Å². The maximum Gasteiger partial charge on any atom is 0.108 e. The number of nitrogens with one attached hydrogen (secondary N) is 1. The zero-order valence-electron chi connectivity index (χ0n) is 9.58. The first kappa shape index (κ1) is 10.7.